The molecule has 8 heteroatoms. The fourth-order valence-electron chi connectivity index (χ4n) is 3.48. The SMILES string of the molecule is COC(=O)c1[nH]c2cc(OC)ccc2c1NC(=O)C1C(C(=O)O)C1(C)C. The summed E-state index contributed by atoms with van der Waals surface area (Å²) in [6, 6.07) is 5.10. The lowest BCUT2D eigenvalue weighted by molar-refractivity contribution is -0.140. The van der Waals surface area contributed by atoms with Gasteiger partial charge in [0.05, 0.1) is 37.3 Å². The van der Waals surface area contributed by atoms with Crippen LogP contribution < -0.4 is 10.1 Å². The number of hydrogen-bond donors (Lipinski definition) is 3. The molecule has 1 saturated carbocycles. The Hall–Kier alpha value is -3.03. The summed E-state index contributed by atoms with van der Waals surface area (Å²) in [6.07, 6.45) is 0. The minimum Gasteiger partial charge on any atom is -0.497 e. The van der Waals surface area contributed by atoms with Crippen LogP contribution in [-0.2, 0) is 14.3 Å². The highest BCUT2D eigenvalue weighted by atomic mass is 16.5. The third kappa shape index (κ3) is 2.67. The largest absolute Gasteiger partial charge is 0.497 e. The highest BCUT2D eigenvalue weighted by Gasteiger charge is 2.66. The molecule has 1 amide bonds. The first-order valence-corrected chi connectivity index (χ1v) is 8.04. The smallest absolute Gasteiger partial charge is 0.356 e. The predicted molar refractivity (Wildman–Crippen MR) is 93.2 cm³/mol. The van der Waals surface area contributed by atoms with Gasteiger partial charge < -0.3 is 24.9 Å². The standard InChI is InChI=1S/C18H20N2O6/c1-18(2)11(12(18)16(22)23)15(21)20-13-9-6-5-8(25-3)7-10(9)19-14(13)17(24)26-4/h5-7,11-12,19H,1-4H3,(H,20,21)(H,22,23). The Morgan fingerprint density at radius 2 is 1.88 bits per heavy atom. The van der Waals surface area contributed by atoms with Crippen molar-refractivity contribution in [2.45, 2.75) is 13.8 Å². The number of methoxy groups -OCH3 is 2. The average molecular weight is 360 g/mol. The maximum absolute atomic E-state index is 12.7. The zero-order chi connectivity index (χ0) is 19.2. The third-order valence-electron chi connectivity index (χ3n) is 5.02. The van der Waals surface area contributed by atoms with Crippen LogP contribution in [0.4, 0.5) is 5.69 Å². The Balaban J connectivity index is 2.00. The third-order valence-corrected chi connectivity index (χ3v) is 5.02. The van der Waals surface area contributed by atoms with Crippen molar-refractivity contribution in [1.29, 1.82) is 0 Å². The highest BCUT2D eigenvalue weighted by Crippen LogP contribution is 2.58. The zero-order valence-electron chi connectivity index (χ0n) is 14.9. The molecule has 26 heavy (non-hydrogen) atoms. The van der Waals surface area contributed by atoms with Gasteiger partial charge in [0.2, 0.25) is 5.91 Å². The van der Waals surface area contributed by atoms with Gasteiger partial charge in [-0.15, -0.1) is 0 Å². The number of benzene rings is 1. The number of H-pyrrole nitrogens is 1. The van der Waals surface area contributed by atoms with E-state index in [2.05, 4.69) is 10.3 Å². The first-order chi connectivity index (χ1) is 12.2. The van der Waals surface area contributed by atoms with Gasteiger partial charge in [-0.25, -0.2) is 4.79 Å². The van der Waals surface area contributed by atoms with Crippen molar-refractivity contribution >= 4 is 34.4 Å². The summed E-state index contributed by atoms with van der Waals surface area (Å²) in [5, 5.41) is 12.6. The minimum absolute atomic E-state index is 0.0921. The topological polar surface area (TPSA) is 118 Å². The van der Waals surface area contributed by atoms with Gasteiger partial charge in [0.25, 0.3) is 0 Å². The number of carboxylic acids is 1. The van der Waals surface area contributed by atoms with E-state index in [4.69, 9.17) is 9.47 Å². The molecule has 3 rings (SSSR count). The molecule has 2 aromatic rings. The first-order valence-electron chi connectivity index (χ1n) is 8.04. The Morgan fingerprint density at radius 3 is 2.42 bits per heavy atom. The lowest BCUT2D eigenvalue weighted by Gasteiger charge is -2.07. The van der Waals surface area contributed by atoms with E-state index in [9.17, 15) is 19.5 Å². The molecule has 1 aromatic carbocycles. The van der Waals surface area contributed by atoms with Crippen LogP contribution in [-0.4, -0.2) is 42.2 Å². The summed E-state index contributed by atoms with van der Waals surface area (Å²) < 4.78 is 9.94. The van der Waals surface area contributed by atoms with Crippen LogP contribution in [0, 0.1) is 17.3 Å². The summed E-state index contributed by atoms with van der Waals surface area (Å²) in [4.78, 5) is 39.0. The molecule has 0 bridgehead atoms. The van der Waals surface area contributed by atoms with Gasteiger partial charge in [0.15, 0.2) is 0 Å². The number of nitrogens with one attached hydrogen (secondary N) is 2. The summed E-state index contributed by atoms with van der Waals surface area (Å²) in [5.74, 6) is -2.93. The predicted octanol–water partition coefficient (Wildman–Crippen LogP) is 2.26. The van der Waals surface area contributed by atoms with Gasteiger partial charge in [-0.05, 0) is 17.5 Å². The van der Waals surface area contributed by atoms with Gasteiger partial charge in [-0.3, -0.25) is 9.59 Å². The maximum Gasteiger partial charge on any atom is 0.356 e. The average Bonchev–Trinajstić information content (AvgIpc) is 3.02. The summed E-state index contributed by atoms with van der Waals surface area (Å²) in [7, 11) is 2.76. The van der Waals surface area contributed by atoms with E-state index in [1.54, 1.807) is 32.0 Å². The molecule has 3 N–H and O–H groups in total. The number of hydrogen-bond acceptors (Lipinski definition) is 5. The van der Waals surface area contributed by atoms with Crippen molar-refractivity contribution in [3.05, 3.63) is 23.9 Å². The summed E-state index contributed by atoms with van der Waals surface area (Å²) in [6.45, 7) is 3.47. The molecule has 2 unspecified atom stereocenters. The Bertz CT molecular complexity index is 914. The second kappa shape index (κ2) is 6.05. The number of carboxylic acid groups (broad SMARTS) is 1. The number of fused-ring (bicyclic) bond motifs is 1. The monoisotopic (exact) mass is 360 g/mol. The number of amides is 1. The lowest BCUT2D eigenvalue weighted by Crippen LogP contribution is -2.19. The van der Waals surface area contributed by atoms with Crippen molar-refractivity contribution in [2.75, 3.05) is 19.5 Å². The number of carbonyl (C=O) groups excluding carboxylic acids is 2. The Kier molecular flexibility index (Phi) is 4.14. The number of aliphatic carboxylic acids is 1. The van der Waals surface area contributed by atoms with Crippen molar-refractivity contribution in [1.82, 2.24) is 4.98 Å². The van der Waals surface area contributed by atoms with Gasteiger partial charge in [0.1, 0.15) is 11.4 Å². The number of aromatic nitrogens is 1. The second-order valence-corrected chi connectivity index (χ2v) is 6.88. The van der Waals surface area contributed by atoms with Crippen molar-refractivity contribution in [2.24, 2.45) is 17.3 Å². The minimum atomic E-state index is -1.01. The second-order valence-electron chi connectivity index (χ2n) is 6.88. The molecule has 1 aliphatic rings. The van der Waals surface area contributed by atoms with E-state index in [1.165, 1.54) is 14.2 Å². The quantitative estimate of drug-likeness (QED) is 0.704. The molecule has 1 aromatic heterocycles. The van der Waals surface area contributed by atoms with Crippen LogP contribution in [0.5, 0.6) is 5.75 Å². The van der Waals surface area contributed by atoms with E-state index in [-0.39, 0.29) is 11.4 Å². The molecule has 0 aliphatic heterocycles. The number of anilines is 1. The van der Waals surface area contributed by atoms with E-state index in [0.717, 1.165) is 0 Å². The van der Waals surface area contributed by atoms with Crippen LogP contribution in [0.15, 0.2) is 18.2 Å². The molecule has 0 saturated heterocycles. The van der Waals surface area contributed by atoms with Gasteiger partial charge >= 0.3 is 11.9 Å². The molecule has 2 atom stereocenters. The molecule has 138 valence electrons. The van der Waals surface area contributed by atoms with Gasteiger partial charge in [0, 0.05) is 11.5 Å². The van der Waals surface area contributed by atoms with Crippen LogP contribution in [0.25, 0.3) is 10.9 Å². The van der Waals surface area contributed by atoms with Crippen LogP contribution in [0.1, 0.15) is 24.3 Å². The summed E-state index contributed by atoms with van der Waals surface area (Å²) >= 11 is 0. The van der Waals surface area contributed by atoms with E-state index >= 15 is 0 Å². The molecular formula is C18H20N2O6. The lowest BCUT2D eigenvalue weighted by atomic mass is 10.1. The number of rotatable bonds is 5. The molecule has 1 fully saturated rings. The van der Waals surface area contributed by atoms with Crippen molar-refractivity contribution < 1.29 is 29.0 Å². The molecule has 8 nitrogen and oxygen atoms in total. The number of carbonyl (C=O) groups is 3. The Labute approximate surface area is 149 Å². The van der Waals surface area contributed by atoms with E-state index < -0.39 is 35.1 Å². The van der Waals surface area contributed by atoms with Gasteiger partial charge in [-0.1, -0.05) is 13.8 Å². The number of ether oxygens (including phenoxy) is 2. The molecule has 1 heterocycles. The molecule has 0 spiro atoms. The van der Waals surface area contributed by atoms with Crippen molar-refractivity contribution in [3.8, 4) is 5.75 Å². The summed E-state index contributed by atoms with van der Waals surface area (Å²) in [5.41, 5.74) is 0.308. The van der Waals surface area contributed by atoms with Crippen molar-refractivity contribution in [3.63, 3.8) is 0 Å². The maximum atomic E-state index is 12.7. The fourth-order valence-corrected chi connectivity index (χ4v) is 3.48. The molecular weight excluding hydrogens is 340 g/mol. The highest BCUT2D eigenvalue weighted by molar-refractivity contribution is 6.12. The first kappa shape index (κ1) is 17.8. The van der Waals surface area contributed by atoms with E-state index in [1.807, 2.05) is 0 Å². The zero-order valence-corrected chi connectivity index (χ0v) is 14.9. The fraction of sp³-hybridized carbons (Fsp3) is 0.389. The number of esters is 1. The van der Waals surface area contributed by atoms with Gasteiger partial charge in [-0.2, -0.15) is 0 Å². The molecule has 0 radical (unpaired) electrons. The molecule has 1 aliphatic carbocycles. The Morgan fingerprint density at radius 1 is 1.19 bits per heavy atom. The van der Waals surface area contributed by atoms with Crippen LogP contribution in [0.3, 0.4) is 0 Å². The number of aromatic amines is 1. The normalized spacial score (nSPS) is 20.5. The van der Waals surface area contributed by atoms with Crippen LogP contribution in [0.2, 0.25) is 0 Å². The van der Waals surface area contributed by atoms with Crippen LogP contribution >= 0.6 is 0 Å². The van der Waals surface area contributed by atoms with E-state index in [0.29, 0.717) is 16.7 Å².